The molecular weight excluding hydrogens is 566 g/mol. The Morgan fingerprint density at radius 1 is 0.971 bits per heavy atom. The molecule has 0 aromatic heterocycles. The summed E-state index contributed by atoms with van der Waals surface area (Å²) in [6.07, 6.45) is 0.854. The van der Waals surface area contributed by atoms with E-state index in [9.17, 15) is 19.2 Å². The molecule has 1 saturated heterocycles. The number of ketones is 1. The largest absolute Gasteiger partial charge is 0.454 e. The minimum absolute atomic E-state index is 0.116. The van der Waals surface area contributed by atoms with E-state index in [0.717, 1.165) is 17.5 Å². The second-order valence-electron chi connectivity index (χ2n) is 9.38. The number of aryl methyl sites for hydroxylation is 2. The lowest BCUT2D eigenvalue weighted by molar-refractivity contribution is -0.123. The maximum atomic E-state index is 13.3. The molecule has 5 rings (SSSR count). The van der Waals surface area contributed by atoms with Crippen LogP contribution in [0.1, 0.15) is 38.3 Å². The summed E-state index contributed by atoms with van der Waals surface area (Å²) in [7, 11) is 0. The normalized spacial score (nSPS) is 29.5. The lowest BCUT2D eigenvalue weighted by atomic mass is 9.81. The number of rotatable bonds is 5. The number of hydrogen-bond donors (Lipinski definition) is 0. The number of ether oxygens (including phenoxy) is 1. The average Bonchev–Trinajstić information content (AvgIpc) is 3.43. The fraction of sp³-hybridized carbons (Fsp3) is 0.385. The molecule has 2 amide bonds. The predicted molar refractivity (Wildman–Crippen MR) is 133 cm³/mol. The molecule has 2 bridgehead atoms. The zero-order valence-corrected chi connectivity index (χ0v) is 21.8. The number of Topliss-reactive ketones (excluding diaryl/α,β-unsaturated/α-hetero) is 1. The van der Waals surface area contributed by atoms with E-state index in [1.807, 2.05) is 26.0 Å². The molecule has 2 aliphatic carbocycles. The maximum absolute atomic E-state index is 13.3. The number of nitrogens with zero attached hydrogens (tertiary/aromatic N) is 1. The average molecular weight is 589 g/mol. The number of halogens is 2. The van der Waals surface area contributed by atoms with E-state index in [0.29, 0.717) is 11.3 Å². The highest BCUT2D eigenvalue weighted by molar-refractivity contribution is 9.12. The van der Waals surface area contributed by atoms with Crippen LogP contribution in [0, 0.1) is 37.5 Å². The van der Waals surface area contributed by atoms with Gasteiger partial charge in [-0.3, -0.25) is 19.3 Å². The predicted octanol–water partition coefficient (Wildman–Crippen LogP) is 4.63. The summed E-state index contributed by atoms with van der Waals surface area (Å²) in [5, 5.41) is 0. The number of hydrogen-bond acceptors (Lipinski definition) is 5. The zero-order valence-electron chi connectivity index (χ0n) is 18.7. The van der Waals surface area contributed by atoms with Crippen molar-refractivity contribution in [1.82, 2.24) is 0 Å². The van der Waals surface area contributed by atoms with Gasteiger partial charge in [0, 0.05) is 15.2 Å². The summed E-state index contributed by atoms with van der Waals surface area (Å²) in [6.45, 7) is 3.34. The van der Waals surface area contributed by atoms with Crippen LogP contribution < -0.4 is 4.90 Å². The van der Waals surface area contributed by atoms with Crippen LogP contribution in [-0.4, -0.2) is 39.8 Å². The molecule has 0 radical (unpaired) electrons. The first kappa shape index (κ1) is 23.4. The smallest absolute Gasteiger partial charge is 0.338 e. The lowest BCUT2D eigenvalue weighted by Gasteiger charge is -2.28. The number of amides is 2. The lowest BCUT2D eigenvalue weighted by Crippen LogP contribution is -2.37. The van der Waals surface area contributed by atoms with Crippen LogP contribution in [0.3, 0.4) is 0 Å². The molecule has 176 valence electrons. The van der Waals surface area contributed by atoms with Gasteiger partial charge in [0.05, 0.1) is 23.1 Å². The van der Waals surface area contributed by atoms with E-state index in [1.165, 1.54) is 11.0 Å². The number of carbonyl (C=O) groups excluding carboxylic acids is 4. The Bertz CT molecular complexity index is 1200. The van der Waals surface area contributed by atoms with Crippen LogP contribution in [0.15, 0.2) is 42.5 Å². The van der Waals surface area contributed by atoms with Gasteiger partial charge in [0.25, 0.3) is 0 Å². The molecule has 2 aromatic carbocycles. The van der Waals surface area contributed by atoms with Gasteiger partial charge in [-0.15, -0.1) is 0 Å². The number of imide groups is 1. The Balaban J connectivity index is 1.32. The van der Waals surface area contributed by atoms with Crippen LogP contribution in [0.2, 0.25) is 0 Å². The van der Waals surface area contributed by atoms with Crippen molar-refractivity contribution in [3.8, 4) is 0 Å². The van der Waals surface area contributed by atoms with E-state index in [4.69, 9.17) is 4.74 Å². The number of anilines is 1. The minimum atomic E-state index is -0.680. The van der Waals surface area contributed by atoms with E-state index in [1.54, 1.807) is 24.3 Å². The van der Waals surface area contributed by atoms with Crippen molar-refractivity contribution in [3.05, 3.63) is 64.7 Å². The summed E-state index contributed by atoms with van der Waals surface area (Å²) in [5.41, 5.74) is 2.82. The molecule has 2 aromatic rings. The van der Waals surface area contributed by atoms with Gasteiger partial charge in [0.1, 0.15) is 0 Å². The molecule has 1 heterocycles. The maximum Gasteiger partial charge on any atom is 0.338 e. The fourth-order valence-corrected chi connectivity index (χ4v) is 7.58. The van der Waals surface area contributed by atoms with Crippen LogP contribution in [-0.2, 0) is 14.3 Å². The molecule has 6 atom stereocenters. The topological polar surface area (TPSA) is 80.8 Å². The van der Waals surface area contributed by atoms with Gasteiger partial charge in [-0.25, -0.2) is 4.79 Å². The van der Waals surface area contributed by atoms with Crippen molar-refractivity contribution in [3.63, 3.8) is 0 Å². The summed E-state index contributed by atoms with van der Waals surface area (Å²) >= 11 is 7.38. The number of benzene rings is 2. The van der Waals surface area contributed by atoms with Crippen molar-refractivity contribution < 1.29 is 23.9 Å². The molecule has 0 N–H and O–H groups in total. The van der Waals surface area contributed by atoms with Gasteiger partial charge < -0.3 is 4.74 Å². The van der Waals surface area contributed by atoms with Crippen molar-refractivity contribution in [2.45, 2.75) is 29.9 Å². The van der Waals surface area contributed by atoms with E-state index >= 15 is 0 Å². The number of carbonyl (C=O) groups is 4. The molecular formula is C26H23Br2NO5. The minimum Gasteiger partial charge on any atom is -0.454 e. The molecule has 6 nitrogen and oxygen atoms in total. The summed E-state index contributed by atoms with van der Waals surface area (Å²) in [6, 6.07) is 11.8. The van der Waals surface area contributed by atoms with Crippen molar-refractivity contribution in [2.24, 2.45) is 23.7 Å². The molecule has 3 aliphatic rings. The SMILES string of the molecule is Cc1ccc(C)c(C(=O)COC(=O)c2cccc(N3C(=O)[C@@H]4[C@@H]5C[C@H]([C@H](Br)[C@@H]5Br)[C@@H]4C3=O)c2)c1. The van der Waals surface area contributed by atoms with E-state index in [-0.39, 0.29) is 63.1 Å². The van der Waals surface area contributed by atoms with E-state index < -0.39 is 5.97 Å². The van der Waals surface area contributed by atoms with Crippen LogP contribution >= 0.6 is 31.9 Å². The highest BCUT2D eigenvalue weighted by Gasteiger charge is 2.66. The van der Waals surface area contributed by atoms with Crippen molar-refractivity contribution in [1.29, 1.82) is 0 Å². The second-order valence-corrected chi connectivity index (χ2v) is 11.5. The van der Waals surface area contributed by atoms with Gasteiger partial charge >= 0.3 is 5.97 Å². The summed E-state index contributed by atoms with van der Waals surface area (Å²) < 4.78 is 5.27. The Kier molecular flexibility index (Phi) is 6.01. The van der Waals surface area contributed by atoms with Crippen LogP contribution in [0.25, 0.3) is 0 Å². The van der Waals surface area contributed by atoms with Gasteiger partial charge in [0.15, 0.2) is 6.61 Å². The first-order chi connectivity index (χ1) is 16.2. The molecule has 3 fully saturated rings. The van der Waals surface area contributed by atoms with Gasteiger partial charge in [0.2, 0.25) is 17.6 Å². The number of fused-ring (bicyclic) bond motifs is 5. The molecule has 0 unspecified atom stereocenters. The standard InChI is InChI=1S/C26H23Br2NO5/c1-12-6-7-13(2)16(8-12)19(30)11-34-26(33)14-4-3-5-15(9-14)29-24(31)20-17-10-18(21(20)25(29)32)23(28)22(17)27/h3-9,17-18,20-23H,10-11H2,1-2H3/t17-,18-,20-,21+,22-,23+/m0/s1. The zero-order chi connectivity index (χ0) is 24.3. The molecule has 1 aliphatic heterocycles. The Morgan fingerprint density at radius 2 is 1.62 bits per heavy atom. The van der Waals surface area contributed by atoms with Crippen molar-refractivity contribution in [2.75, 3.05) is 11.5 Å². The van der Waals surface area contributed by atoms with E-state index in [2.05, 4.69) is 31.9 Å². The Hall–Kier alpha value is -2.32. The fourth-order valence-electron chi connectivity index (χ4n) is 5.70. The molecule has 0 spiro atoms. The molecule has 34 heavy (non-hydrogen) atoms. The quantitative estimate of drug-likeness (QED) is 0.220. The number of alkyl halides is 2. The van der Waals surface area contributed by atoms with Crippen LogP contribution in [0.5, 0.6) is 0 Å². The van der Waals surface area contributed by atoms with Crippen LogP contribution in [0.4, 0.5) is 5.69 Å². The summed E-state index contributed by atoms with van der Waals surface area (Å²) in [5.74, 6) is -1.81. The van der Waals surface area contributed by atoms with Gasteiger partial charge in [-0.1, -0.05) is 55.6 Å². The summed E-state index contributed by atoms with van der Waals surface area (Å²) in [4.78, 5) is 53.3. The Morgan fingerprint density at radius 3 is 2.26 bits per heavy atom. The van der Waals surface area contributed by atoms with Crippen molar-refractivity contribution >= 4 is 61.1 Å². The third kappa shape index (κ3) is 3.66. The first-order valence-electron chi connectivity index (χ1n) is 11.2. The monoisotopic (exact) mass is 587 g/mol. The third-order valence-electron chi connectivity index (χ3n) is 7.35. The molecule has 2 saturated carbocycles. The molecule has 8 heteroatoms. The Labute approximate surface area is 214 Å². The second kappa shape index (κ2) is 8.72. The highest BCUT2D eigenvalue weighted by atomic mass is 79.9. The number of esters is 1. The van der Waals surface area contributed by atoms with Gasteiger partial charge in [-0.2, -0.15) is 0 Å². The first-order valence-corrected chi connectivity index (χ1v) is 13.1. The third-order valence-corrected chi connectivity index (χ3v) is 10.6. The highest BCUT2D eigenvalue weighted by Crippen LogP contribution is 2.60. The van der Waals surface area contributed by atoms with Gasteiger partial charge in [-0.05, 0) is 61.9 Å².